The molecule has 6 nitrogen and oxygen atoms in total. The molecule has 3 aromatic rings. The van der Waals surface area contributed by atoms with E-state index in [0.717, 1.165) is 34.6 Å². The standard InChI is InChI=1S/C22H17N3O3/c26-25(27)17-12-10-16(11-13-17)22-24-20(18-8-4-5-9-21(18)28-22)14-19(23-24)15-6-2-1-3-7-15/h1-13,20,22H,14H2/t20-,22+/m0/s1. The zero-order chi connectivity index (χ0) is 19.1. The number of ether oxygens (including phenoxy) is 1. The van der Waals surface area contributed by atoms with Crippen LogP contribution >= 0.6 is 0 Å². The predicted octanol–water partition coefficient (Wildman–Crippen LogP) is 4.84. The SMILES string of the molecule is O=[N+]([O-])c1ccc([C@H]2Oc3ccccc3[C@@H]3CC(c4ccccc4)=NN23)cc1. The van der Waals surface area contributed by atoms with Gasteiger partial charge in [-0.25, -0.2) is 5.01 Å². The summed E-state index contributed by atoms with van der Waals surface area (Å²) in [5, 5.41) is 17.8. The second-order valence-electron chi connectivity index (χ2n) is 6.87. The third-order valence-corrected chi connectivity index (χ3v) is 5.20. The fraction of sp³-hybridized carbons (Fsp3) is 0.136. The Bertz CT molecular complexity index is 1060. The molecule has 0 aromatic heterocycles. The molecular weight excluding hydrogens is 354 g/mol. The van der Waals surface area contributed by atoms with Crippen molar-refractivity contribution in [2.75, 3.05) is 0 Å². The van der Waals surface area contributed by atoms with Crippen LogP contribution < -0.4 is 4.74 Å². The minimum absolute atomic E-state index is 0.0615. The molecule has 0 aliphatic carbocycles. The zero-order valence-electron chi connectivity index (χ0n) is 14.9. The maximum absolute atomic E-state index is 11.0. The molecule has 3 aromatic carbocycles. The first-order valence-electron chi connectivity index (χ1n) is 9.12. The van der Waals surface area contributed by atoms with Gasteiger partial charge < -0.3 is 4.74 Å². The van der Waals surface area contributed by atoms with Crippen molar-refractivity contribution >= 4 is 11.4 Å². The van der Waals surface area contributed by atoms with Crippen molar-refractivity contribution in [3.63, 3.8) is 0 Å². The molecule has 0 saturated carbocycles. The summed E-state index contributed by atoms with van der Waals surface area (Å²) in [6, 6.07) is 24.7. The van der Waals surface area contributed by atoms with Crippen LogP contribution in [0.1, 0.15) is 35.4 Å². The van der Waals surface area contributed by atoms with Crippen LogP contribution in [0.4, 0.5) is 5.69 Å². The Balaban J connectivity index is 1.57. The van der Waals surface area contributed by atoms with Crippen LogP contribution in [0.3, 0.4) is 0 Å². The Morgan fingerprint density at radius 2 is 1.68 bits per heavy atom. The van der Waals surface area contributed by atoms with E-state index in [1.165, 1.54) is 12.1 Å². The summed E-state index contributed by atoms with van der Waals surface area (Å²) in [7, 11) is 0. The number of para-hydroxylation sites is 1. The Hall–Kier alpha value is -3.67. The second-order valence-corrected chi connectivity index (χ2v) is 6.87. The van der Waals surface area contributed by atoms with Crippen molar-refractivity contribution in [2.45, 2.75) is 18.7 Å². The van der Waals surface area contributed by atoms with E-state index in [-0.39, 0.29) is 11.7 Å². The highest BCUT2D eigenvalue weighted by Crippen LogP contribution is 2.47. The Morgan fingerprint density at radius 1 is 0.964 bits per heavy atom. The molecule has 0 spiro atoms. The first kappa shape index (κ1) is 16.5. The molecule has 2 heterocycles. The minimum atomic E-state index is -0.429. The van der Waals surface area contributed by atoms with Gasteiger partial charge in [-0.15, -0.1) is 0 Å². The molecule has 138 valence electrons. The van der Waals surface area contributed by atoms with Crippen LogP contribution in [0, 0.1) is 10.1 Å². The van der Waals surface area contributed by atoms with Gasteiger partial charge in [0.1, 0.15) is 5.75 Å². The second kappa shape index (κ2) is 6.49. The largest absolute Gasteiger partial charge is 0.464 e. The van der Waals surface area contributed by atoms with E-state index in [1.54, 1.807) is 12.1 Å². The van der Waals surface area contributed by atoms with Gasteiger partial charge in [0.05, 0.1) is 16.7 Å². The number of hydrogen-bond acceptors (Lipinski definition) is 5. The third kappa shape index (κ3) is 2.70. The molecule has 0 N–H and O–H groups in total. The van der Waals surface area contributed by atoms with Gasteiger partial charge in [0, 0.05) is 29.7 Å². The average molecular weight is 371 g/mol. The van der Waals surface area contributed by atoms with Crippen LogP contribution in [-0.4, -0.2) is 15.6 Å². The van der Waals surface area contributed by atoms with Gasteiger partial charge in [-0.1, -0.05) is 48.5 Å². The Labute approximate surface area is 161 Å². The number of fused-ring (bicyclic) bond motifs is 3. The van der Waals surface area contributed by atoms with Crippen molar-refractivity contribution in [3.8, 4) is 5.75 Å². The topological polar surface area (TPSA) is 68.0 Å². The zero-order valence-corrected chi connectivity index (χ0v) is 14.9. The van der Waals surface area contributed by atoms with Gasteiger partial charge in [-0.3, -0.25) is 10.1 Å². The van der Waals surface area contributed by atoms with Gasteiger partial charge in [0.25, 0.3) is 5.69 Å². The molecule has 0 radical (unpaired) electrons. The number of nitro groups is 1. The maximum atomic E-state index is 11.0. The molecule has 0 saturated heterocycles. The van der Waals surface area contributed by atoms with E-state index in [9.17, 15) is 10.1 Å². The maximum Gasteiger partial charge on any atom is 0.269 e. The van der Waals surface area contributed by atoms with Crippen molar-refractivity contribution in [3.05, 3.63) is 106 Å². The molecule has 2 aliphatic heterocycles. The monoisotopic (exact) mass is 371 g/mol. The van der Waals surface area contributed by atoms with E-state index in [4.69, 9.17) is 9.84 Å². The molecule has 5 rings (SSSR count). The average Bonchev–Trinajstić information content (AvgIpc) is 3.20. The number of nitro benzene ring substituents is 1. The third-order valence-electron chi connectivity index (χ3n) is 5.20. The normalized spacial score (nSPS) is 20.0. The quantitative estimate of drug-likeness (QED) is 0.488. The van der Waals surface area contributed by atoms with Crippen LogP contribution in [0.2, 0.25) is 0 Å². The highest BCUT2D eigenvalue weighted by Gasteiger charge is 2.40. The lowest BCUT2D eigenvalue weighted by molar-refractivity contribution is -0.384. The predicted molar refractivity (Wildman–Crippen MR) is 105 cm³/mol. The minimum Gasteiger partial charge on any atom is -0.464 e. The number of hydrazone groups is 1. The number of nitrogens with zero attached hydrogens (tertiary/aromatic N) is 3. The summed E-state index contributed by atoms with van der Waals surface area (Å²) in [4.78, 5) is 10.6. The number of non-ortho nitro benzene ring substituents is 1. The number of hydrogen-bond donors (Lipinski definition) is 0. The lowest BCUT2D eigenvalue weighted by Crippen LogP contribution is -2.33. The molecule has 2 atom stereocenters. The summed E-state index contributed by atoms with van der Waals surface area (Å²) in [6.45, 7) is 0. The highest BCUT2D eigenvalue weighted by atomic mass is 16.6. The Morgan fingerprint density at radius 3 is 2.43 bits per heavy atom. The van der Waals surface area contributed by atoms with Crippen molar-refractivity contribution in [1.29, 1.82) is 0 Å². The van der Waals surface area contributed by atoms with Crippen LogP contribution in [0.15, 0.2) is 84.0 Å². The lowest BCUT2D eigenvalue weighted by atomic mass is 9.96. The highest BCUT2D eigenvalue weighted by molar-refractivity contribution is 6.01. The van der Waals surface area contributed by atoms with Gasteiger partial charge in [-0.2, -0.15) is 5.10 Å². The summed E-state index contributed by atoms with van der Waals surface area (Å²) < 4.78 is 6.27. The van der Waals surface area contributed by atoms with Gasteiger partial charge in [0.2, 0.25) is 6.23 Å². The first-order valence-corrected chi connectivity index (χ1v) is 9.12. The van der Waals surface area contributed by atoms with E-state index >= 15 is 0 Å². The van der Waals surface area contributed by atoms with E-state index in [0.29, 0.717) is 0 Å². The molecular formula is C22H17N3O3. The smallest absolute Gasteiger partial charge is 0.269 e. The molecule has 0 bridgehead atoms. The number of benzene rings is 3. The van der Waals surface area contributed by atoms with Gasteiger partial charge in [0.15, 0.2) is 0 Å². The van der Waals surface area contributed by atoms with Crippen LogP contribution in [0.5, 0.6) is 5.75 Å². The molecule has 0 amide bonds. The van der Waals surface area contributed by atoms with E-state index in [2.05, 4.69) is 18.2 Å². The van der Waals surface area contributed by atoms with Crippen LogP contribution in [0.25, 0.3) is 0 Å². The fourth-order valence-corrected chi connectivity index (χ4v) is 3.82. The first-order chi connectivity index (χ1) is 13.7. The molecule has 6 heteroatoms. The van der Waals surface area contributed by atoms with Gasteiger partial charge in [-0.05, 0) is 23.8 Å². The van der Waals surface area contributed by atoms with E-state index in [1.807, 2.05) is 41.4 Å². The number of rotatable bonds is 3. The summed E-state index contributed by atoms with van der Waals surface area (Å²) >= 11 is 0. The summed E-state index contributed by atoms with van der Waals surface area (Å²) in [5.74, 6) is 0.830. The van der Waals surface area contributed by atoms with Crippen LogP contribution in [-0.2, 0) is 0 Å². The van der Waals surface area contributed by atoms with Crippen molar-refractivity contribution < 1.29 is 9.66 Å². The summed E-state index contributed by atoms with van der Waals surface area (Å²) in [5.41, 5.74) is 4.11. The molecule has 0 fully saturated rings. The lowest BCUT2D eigenvalue weighted by Gasteiger charge is -2.38. The van der Waals surface area contributed by atoms with Gasteiger partial charge >= 0.3 is 0 Å². The molecule has 0 unspecified atom stereocenters. The van der Waals surface area contributed by atoms with Crippen molar-refractivity contribution in [1.82, 2.24) is 5.01 Å². The summed E-state index contributed by atoms with van der Waals surface area (Å²) in [6.07, 6.45) is 0.357. The molecule has 2 aliphatic rings. The molecule has 28 heavy (non-hydrogen) atoms. The van der Waals surface area contributed by atoms with Crippen molar-refractivity contribution in [2.24, 2.45) is 5.10 Å². The van der Waals surface area contributed by atoms with E-state index < -0.39 is 11.2 Å². The fourth-order valence-electron chi connectivity index (χ4n) is 3.82. The Kier molecular flexibility index (Phi) is 3.83.